The molecule has 0 fully saturated rings. The average molecular weight is 473 g/mol. The van der Waals surface area contributed by atoms with Crippen molar-refractivity contribution in [3.63, 3.8) is 0 Å². The van der Waals surface area contributed by atoms with Crippen molar-refractivity contribution >= 4 is 41.3 Å². The SMILES string of the molecule is COc1cc(/C=N\NC(=O)COc2ccccc2Cl)ccc1OC(=O)c1ccccc1Cl. The number of methoxy groups -OCH3 is 1. The van der Waals surface area contributed by atoms with Crippen LogP contribution in [0, 0.1) is 0 Å². The number of esters is 1. The number of ether oxygens (including phenoxy) is 3. The monoisotopic (exact) mass is 472 g/mol. The number of hydrogen-bond donors (Lipinski definition) is 1. The van der Waals surface area contributed by atoms with Crippen LogP contribution in [0.2, 0.25) is 10.0 Å². The molecule has 0 atom stereocenters. The first-order chi connectivity index (χ1) is 15.5. The lowest BCUT2D eigenvalue weighted by Gasteiger charge is -2.10. The molecule has 7 nitrogen and oxygen atoms in total. The van der Waals surface area contributed by atoms with E-state index in [1.807, 2.05) is 0 Å². The van der Waals surface area contributed by atoms with E-state index in [4.69, 9.17) is 37.4 Å². The molecular formula is C23H18Cl2N2O5. The van der Waals surface area contributed by atoms with E-state index in [2.05, 4.69) is 10.5 Å². The van der Waals surface area contributed by atoms with Crippen LogP contribution in [0.1, 0.15) is 15.9 Å². The molecule has 0 spiro atoms. The first-order valence-corrected chi connectivity index (χ1v) is 10.1. The molecule has 3 aromatic carbocycles. The largest absolute Gasteiger partial charge is 0.493 e. The van der Waals surface area contributed by atoms with Gasteiger partial charge >= 0.3 is 5.97 Å². The molecule has 9 heteroatoms. The van der Waals surface area contributed by atoms with E-state index in [9.17, 15) is 9.59 Å². The number of hydrogen-bond acceptors (Lipinski definition) is 6. The minimum Gasteiger partial charge on any atom is -0.493 e. The van der Waals surface area contributed by atoms with Crippen LogP contribution in [0.4, 0.5) is 0 Å². The maximum Gasteiger partial charge on any atom is 0.345 e. The first kappa shape index (κ1) is 23.1. The van der Waals surface area contributed by atoms with E-state index >= 15 is 0 Å². The molecular weight excluding hydrogens is 455 g/mol. The highest BCUT2D eigenvalue weighted by atomic mass is 35.5. The fourth-order valence-corrected chi connectivity index (χ4v) is 2.95. The lowest BCUT2D eigenvalue weighted by molar-refractivity contribution is -0.123. The van der Waals surface area contributed by atoms with Gasteiger partial charge in [0.1, 0.15) is 5.75 Å². The third kappa shape index (κ3) is 6.23. The molecule has 0 aliphatic rings. The molecule has 0 unspecified atom stereocenters. The van der Waals surface area contributed by atoms with E-state index in [0.29, 0.717) is 22.1 Å². The highest BCUT2D eigenvalue weighted by Crippen LogP contribution is 2.29. The number of nitrogens with zero attached hydrogens (tertiary/aromatic N) is 1. The quantitative estimate of drug-likeness (QED) is 0.221. The van der Waals surface area contributed by atoms with Crippen LogP contribution in [-0.4, -0.2) is 31.8 Å². The topological polar surface area (TPSA) is 86.2 Å². The van der Waals surface area contributed by atoms with Gasteiger partial charge < -0.3 is 14.2 Å². The van der Waals surface area contributed by atoms with Gasteiger partial charge in [-0.25, -0.2) is 10.2 Å². The maximum atomic E-state index is 12.4. The molecule has 32 heavy (non-hydrogen) atoms. The summed E-state index contributed by atoms with van der Waals surface area (Å²) < 4.78 is 16.0. The zero-order valence-corrected chi connectivity index (χ0v) is 18.4. The Bertz CT molecular complexity index is 1150. The van der Waals surface area contributed by atoms with Crippen LogP contribution in [0.5, 0.6) is 17.2 Å². The van der Waals surface area contributed by atoms with E-state index in [1.165, 1.54) is 13.3 Å². The van der Waals surface area contributed by atoms with Gasteiger partial charge in [-0.1, -0.05) is 47.5 Å². The molecule has 3 aromatic rings. The molecule has 164 valence electrons. The lowest BCUT2D eigenvalue weighted by Crippen LogP contribution is -2.24. The predicted molar refractivity (Wildman–Crippen MR) is 122 cm³/mol. The third-order valence-corrected chi connectivity index (χ3v) is 4.72. The summed E-state index contributed by atoms with van der Waals surface area (Å²) in [6, 6.07) is 18.2. The minimum absolute atomic E-state index is 0.215. The van der Waals surface area contributed by atoms with Crippen LogP contribution in [-0.2, 0) is 4.79 Å². The number of rotatable bonds is 8. The zero-order chi connectivity index (χ0) is 22.9. The van der Waals surface area contributed by atoms with Crippen molar-refractivity contribution < 1.29 is 23.8 Å². The Morgan fingerprint density at radius 1 is 0.938 bits per heavy atom. The summed E-state index contributed by atoms with van der Waals surface area (Å²) in [5, 5.41) is 4.58. The molecule has 1 N–H and O–H groups in total. The number of hydrazone groups is 1. The van der Waals surface area contributed by atoms with Crippen molar-refractivity contribution in [2.75, 3.05) is 13.7 Å². The van der Waals surface area contributed by atoms with Gasteiger partial charge in [0.05, 0.1) is 28.9 Å². The van der Waals surface area contributed by atoms with Crippen LogP contribution < -0.4 is 19.6 Å². The standard InChI is InChI=1S/C23H18Cl2N2O5/c1-30-21-12-15(10-11-20(21)32-23(29)16-6-2-3-7-17(16)24)13-26-27-22(28)14-31-19-9-5-4-8-18(19)25/h2-13H,14H2,1H3,(H,27,28)/b26-13-. The van der Waals surface area contributed by atoms with Crippen LogP contribution in [0.3, 0.4) is 0 Å². The Kier molecular flexibility index (Phi) is 8.08. The van der Waals surface area contributed by atoms with Crippen LogP contribution in [0.25, 0.3) is 0 Å². The Morgan fingerprint density at radius 2 is 1.66 bits per heavy atom. The van der Waals surface area contributed by atoms with E-state index in [1.54, 1.807) is 66.7 Å². The number of benzene rings is 3. The van der Waals surface area contributed by atoms with Crippen molar-refractivity contribution in [2.45, 2.75) is 0 Å². The third-order valence-electron chi connectivity index (χ3n) is 4.08. The lowest BCUT2D eigenvalue weighted by atomic mass is 10.2. The highest BCUT2D eigenvalue weighted by Gasteiger charge is 2.15. The minimum atomic E-state index is -0.610. The van der Waals surface area contributed by atoms with Gasteiger partial charge in [-0.05, 0) is 48.0 Å². The normalized spacial score (nSPS) is 10.6. The number of carbonyl (C=O) groups excluding carboxylic acids is 2. The molecule has 0 radical (unpaired) electrons. The van der Waals surface area contributed by atoms with Gasteiger partial charge in [-0.2, -0.15) is 5.10 Å². The molecule has 3 rings (SSSR count). The second kappa shape index (κ2) is 11.2. The summed E-state index contributed by atoms with van der Waals surface area (Å²) in [5.74, 6) is -0.144. The molecule has 1 amide bonds. The second-order valence-electron chi connectivity index (χ2n) is 6.29. The summed E-state index contributed by atoms with van der Waals surface area (Å²) in [4.78, 5) is 24.3. The van der Waals surface area contributed by atoms with Crippen molar-refractivity contribution in [2.24, 2.45) is 5.10 Å². The zero-order valence-electron chi connectivity index (χ0n) is 16.9. The summed E-state index contributed by atoms with van der Waals surface area (Å²) >= 11 is 12.0. The van der Waals surface area contributed by atoms with Crippen molar-refractivity contribution in [1.29, 1.82) is 0 Å². The first-order valence-electron chi connectivity index (χ1n) is 9.32. The molecule has 0 heterocycles. The molecule has 0 saturated heterocycles. The summed E-state index contributed by atoms with van der Waals surface area (Å²) in [6.45, 7) is -0.249. The Labute approximate surface area is 194 Å². The fraction of sp³-hybridized carbons (Fsp3) is 0.0870. The van der Waals surface area contributed by atoms with Gasteiger partial charge in [-0.15, -0.1) is 0 Å². The van der Waals surface area contributed by atoms with Crippen molar-refractivity contribution in [3.05, 3.63) is 87.9 Å². The average Bonchev–Trinajstić information content (AvgIpc) is 2.79. The van der Waals surface area contributed by atoms with Crippen LogP contribution in [0.15, 0.2) is 71.8 Å². The van der Waals surface area contributed by atoms with Gasteiger partial charge in [0.2, 0.25) is 0 Å². The van der Waals surface area contributed by atoms with E-state index < -0.39 is 11.9 Å². The van der Waals surface area contributed by atoms with Crippen molar-refractivity contribution in [1.82, 2.24) is 5.43 Å². The molecule has 0 bridgehead atoms. The fourth-order valence-electron chi connectivity index (χ4n) is 2.55. The molecule has 0 aliphatic carbocycles. The van der Waals surface area contributed by atoms with E-state index in [-0.39, 0.29) is 22.9 Å². The van der Waals surface area contributed by atoms with Gasteiger partial charge in [0, 0.05) is 0 Å². The number of carbonyl (C=O) groups is 2. The van der Waals surface area contributed by atoms with Gasteiger partial charge in [-0.3, -0.25) is 4.79 Å². The van der Waals surface area contributed by atoms with Gasteiger partial charge in [0.25, 0.3) is 5.91 Å². The highest BCUT2D eigenvalue weighted by molar-refractivity contribution is 6.33. The molecule has 0 aliphatic heterocycles. The number of halogens is 2. The second-order valence-corrected chi connectivity index (χ2v) is 7.11. The smallest absolute Gasteiger partial charge is 0.345 e. The number of nitrogens with one attached hydrogen (secondary N) is 1. The van der Waals surface area contributed by atoms with Crippen molar-refractivity contribution in [3.8, 4) is 17.2 Å². The summed E-state index contributed by atoms with van der Waals surface area (Å²) in [5.41, 5.74) is 3.20. The predicted octanol–water partition coefficient (Wildman–Crippen LogP) is 4.75. The van der Waals surface area contributed by atoms with E-state index in [0.717, 1.165) is 0 Å². The number of para-hydroxylation sites is 1. The number of amides is 1. The summed E-state index contributed by atoms with van der Waals surface area (Å²) in [6.07, 6.45) is 1.41. The molecule has 0 saturated carbocycles. The molecule has 0 aromatic heterocycles. The summed E-state index contributed by atoms with van der Waals surface area (Å²) in [7, 11) is 1.44. The Balaban J connectivity index is 1.58. The maximum absolute atomic E-state index is 12.4. The van der Waals surface area contributed by atoms with Crippen LogP contribution >= 0.6 is 23.2 Å². The Hall–Kier alpha value is -3.55. The van der Waals surface area contributed by atoms with Gasteiger partial charge in [0.15, 0.2) is 18.1 Å². The Morgan fingerprint density at radius 3 is 2.38 bits per heavy atom.